The molecule has 154 valence electrons. The van der Waals surface area contributed by atoms with Gasteiger partial charge in [0.2, 0.25) is 0 Å². The van der Waals surface area contributed by atoms with Gasteiger partial charge in [0.25, 0.3) is 0 Å². The largest absolute Gasteiger partial charge is 0.497 e. The molecule has 30 heavy (non-hydrogen) atoms. The molecule has 1 unspecified atom stereocenters. The molecule has 0 N–H and O–H groups in total. The van der Waals surface area contributed by atoms with Gasteiger partial charge in [-0.3, -0.25) is 5.01 Å². The van der Waals surface area contributed by atoms with Crippen molar-refractivity contribution in [3.05, 3.63) is 86.9 Å². The van der Waals surface area contributed by atoms with E-state index in [1.54, 1.807) is 26.4 Å². The number of ether oxygens (including phenoxy) is 2. The molecule has 0 aromatic heterocycles. The van der Waals surface area contributed by atoms with E-state index in [1.807, 2.05) is 53.5 Å². The number of anilines is 1. The van der Waals surface area contributed by atoms with E-state index < -0.39 is 0 Å². The lowest BCUT2D eigenvalue weighted by Gasteiger charge is -2.26. The molecular weight excluding hydrogens is 443 g/mol. The van der Waals surface area contributed by atoms with E-state index >= 15 is 0 Å². The zero-order chi connectivity index (χ0) is 21.3. The monoisotopic (exact) mass is 460 g/mol. The fourth-order valence-electron chi connectivity index (χ4n) is 3.55. The van der Waals surface area contributed by atoms with E-state index in [2.05, 4.69) is 0 Å². The minimum Gasteiger partial charge on any atom is -0.497 e. The van der Waals surface area contributed by atoms with Crippen LogP contribution in [-0.2, 0) is 0 Å². The number of rotatable bonds is 5. The number of methoxy groups -OCH3 is 2. The molecule has 0 amide bonds. The Labute approximate surface area is 190 Å². The van der Waals surface area contributed by atoms with Gasteiger partial charge in [0.15, 0.2) is 0 Å². The number of hydrogen-bond acceptors (Lipinski definition) is 4. The first-order chi connectivity index (χ1) is 14.5. The third kappa shape index (κ3) is 4.08. The molecule has 0 bridgehead atoms. The second kappa shape index (κ2) is 8.76. The van der Waals surface area contributed by atoms with Gasteiger partial charge in [0.05, 0.1) is 36.7 Å². The second-order valence-electron chi connectivity index (χ2n) is 6.82. The molecule has 4 rings (SSSR count). The van der Waals surface area contributed by atoms with Crippen LogP contribution in [0.4, 0.5) is 5.69 Å². The Balaban J connectivity index is 1.82. The lowest BCUT2D eigenvalue weighted by Crippen LogP contribution is -2.19. The summed E-state index contributed by atoms with van der Waals surface area (Å²) in [6.07, 6.45) is 0.660. The minimum atomic E-state index is -0.132. The molecular formula is C23H19Cl3N2O2. The molecule has 1 aliphatic rings. The summed E-state index contributed by atoms with van der Waals surface area (Å²) in [7, 11) is 3.27. The summed E-state index contributed by atoms with van der Waals surface area (Å²) in [4.78, 5) is 0. The van der Waals surface area contributed by atoms with Gasteiger partial charge in [0.1, 0.15) is 11.5 Å². The highest BCUT2D eigenvalue weighted by Crippen LogP contribution is 2.44. The predicted molar refractivity (Wildman–Crippen MR) is 124 cm³/mol. The van der Waals surface area contributed by atoms with Gasteiger partial charge in [-0.15, -0.1) is 0 Å². The van der Waals surface area contributed by atoms with Crippen LogP contribution in [0.25, 0.3) is 0 Å². The van der Waals surface area contributed by atoms with Gasteiger partial charge in [0, 0.05) is 28.1 Å². The highest BCUT2D eigenvalue weighted by Gasteiger charge is 2.33. The highest BCUT2D eigenvalue weighted by molar-refractivity contribution is 6.35. The van der Waals surface area contributed by atoms with Gasteiger partial charge >= 0.3 is 0 Å². The smallest absolute Gasteiger partial charge is 0.127 e. The van der Waals surface area contributed by atoms with E-state index in [0.29, 0.717) is 21.5 Å². The zero-order valence-corrected chi connectivity index (χ0v) is 18.7. The average Bonchev–Trinajstić information content (AvgIpc) is 3.20. The van der Waals surface area contributed by atoms with Crippen molar-refractivity contribution in [1.29, 1.82) is 0 Å². The topological polar surface area (TPSA) is 34.1 Å². The SMILES string of the molecule is COc1ccc(C2CC(c3ccc(Cl)cc3)=NN2c2cc(Cl)ccc2Cl)c(OC)c1. The Kier molecular flexibility index (Phi) is 6.09. The van der Waals surface area contributed by atoms with E-state index in [4.69, 9.17) is 49.4 Å². The zero-order valence-electron chi connectivity index (χ0n) is 16.4. The third-order valence-electron chi connectivity index (χ3n) is 5.04. The molecule has 1 atom stereocenters. The van der Waals surface area contributed by atoms with Crippen LogP contribution in [0.5, 0.6) is 11.5 Å². The summed E-state index contributed by atoms with van der Waals surface area (Å²) in [6, 6.07) is 18.6. The maximum atomic E-state index is 6.53. The number of hydrogen-bond donors (Lipinski definition) is 0. The van der Waals surface area contributed by atoms with Crippen molar-refractivity contribution in [1.82, 2.24) is 0 Å². The molecule has 0 spiro atoms. The van der Waals surface area contributed by atoms with Crippen LogP contribution in [0.15, 0.2) is 65.8 Å². The van der Waals surface area contributed by atoms with Gasteiger partial charge in [-0.05, 0) is 48.0 Å². The van der Waals surface area contributed by atoms with E-state index in [-0.39, 0.29) is 6.04 Å². The van der Waals surface area contributed by atoms with Gasteiger partial charge in [-0.1, -0.05) is 46.9 Å². The Morgan fingerprint density at radius 1 is 0.867 bits per heavy atom. The van der Waals surface area contributed by atoms with Crippen molar-refractivity contribution in [3.8, 4) is 11.5 Å². The normalized spacial score (nSPS) is 15.8. The fraction of sp³-hybridized carbons (Fsp3) is 0.174. The van der Waals surface area contributed by atoms with E-state index in [9.17, 15) is 0 Å². The lowest BCUT2D eigenvalue weighted by molar-refractivity contribution is 0.388. The standard InChI is InChI=1S/C23H19Cl3N2O2/c1-29-17-8-9-18(23(12-17)30-2)21-13-20(14-3-5-15(24)6-4-14)27-28(21)22-11-16(25)7-10-19(22)26/h3-12,21H,13H2,1-2H3. The highest BCUT2D eigenvalue weighted by atomic mass is 35.5. The molecule has 1 heterocycles. The van der Waals surface area contributed by atoms with Crippen molar-refractivity contribution in [3.63, 3.8) is 0 Å². The first-order valence-corrected chi connectivity index (χ1v) is 10.4. The first kappa shape index (κ1) is 20.9. The lowest BCUT2D eigenvalue weighted by atomic mass is 9.97. The predicted octanol–water partition coefficient (Wildman–Crippen LogP) is 7.02. The molecule has 0 fully saturated rings. The Bertz CT molecular complexity index is 1100. The molecule has 1 aliphatic heterocycles. The van der Waals surface area contributed by atoms with Crippen LogP contribution in [0.3, 0.4) is 0 Å². The van der Waals surface area contributed by atoms with Gasteiger partial charge < -0.3 is 9.47 Å². The summed E-state index contributed by atoms with van der Waals surface area (Å²) >= 11 is 18.9. The third-order valence-corrected chi connectivity index (χ3v) is 5.85. The quantitative estimate of drug-likeness (QED) is 0.409. The van der Waals surface area contributed by atoms with Crippen LogP contribution in [0.1, 0.15) is 23.6 Å². The summed E-state index contributed by atoms with van der Waals surface area (Å²) in [5.74, 6) is 1.44. The Hall–Kier alpha value is -2.40. The van der Waals surface area contributed by atoms with Crippen LogP contribution in [-0.4, -0.2) is 19.9 Å². The molecule has 0 radical (unpaired) electrons. The first-order valence-electron chi connectivity index (χ1n) is 9.30. The molecule has 4 nitrogen and oxygen atoms in total. The van der Waals surface area contributed by atoms with Gasteiger partial charge in [-0.2, -0.15) is 5.10 Å². The van der Waals surface area contributed by atoms with Crippen molar-refractivity contribution in [2.24, 2.45) is 5.10 Å². The molecule has 0 saturated heterocycles. The fourth-order valence-corrected chi connectivity index (χ4v) is 4.04. The maximum absolute atomic E-state index is 6.53. The number of hydrazone groups is 1. The van der Waals surface area contributed by atoms with Crippen molar-refractivity contribution in [2.75, 3.05) is 19.2 Å². The van der Waals surface area contributed by atoms with Crippen molar-refractivity contribution in [2.45, 2.75) is 12.5 Å². The summed E-state index contributed by atoms with van der Waals surface area (Å²) in [5, 5.41) is 8.65. The van der Waals surface area contributed by atoms with Crippen LogP contribution >= 0.6 is 34.8 Å². The molecule has 3 aromatic carbocycles. The second-order valence-corrected chi connectivity index (χ2v) is 8.10. The van der Waals surface area contributed by atoms with Crippen LogP contribution in [0.2, 0.25) is 15.1 Å². The van der Waals surface area contributed by atoms with E-state index in [1.165, 1.54) is 0 Å². The minimum absolute atomic E-state index is 0.132. The summed E-state index contributed by atoms with van der Waals surface area (Å²) in [5.41, 5.74) is 3.63. The van der Waals surface area contributed by atoms with E-state index in [0.717, 1.165) is 34.0 Å². The summed E-state index contributed by atoms with van der Waals surface area (Å²) in [6.45, 7) is 0. The summed E-state index contributed by atoms with van der Waals surface area (Å²) < 4.78 is 11.0. The number of nitrogens with zero attached hydrogens (tertiary/aromatic N) is 2. The average molecular weight is 462 g/mol. The Morgan fingerprint density at radius 3 is 2.30 bits per heavy atom. The van der Waals surface area contributed by atoms with Gasteiger partial charge in [-0.25, -0.2) is 0 Å². The number of halogens is 3. The van der Waals surface area contributed by atoms with Crippen molar-refractivity contribution < 1.29 is 9.47 Å². The van der Waals surface area contributed by atoms with Crippen LogP contribution < -0.4 is 14.5 Å². The molecule has 0 saturated carbocycles. The van der Waals surface area contributed by atoms with Crippen LogP contribution in [0, 0.1) is 0 Å². The number of benzene rings is 3. The molecule has 0 aliphatic carbocycles. The molecule has 7 heteroatoms. The Morgan fingerprint density at radius 2 is 1.60 bits per heavy atom. The maximum Gasteiger partial charge on any atom is 0.127 e. The van der Waals surface area contributed by atoms with Crippen molar-refractivity contribution >= 4 is 46.2 Å². The molecule has 3 aromatic rings.